The summed E-state index contributed by atoms with van der Waals surface area (Å²) >= 11 is 0. The molecule has 8 heteroatoms. The van der Waals surface area contributed by atoms with Gasteiger partial charge in [-0.25, -0.2) is 9.18 Å². The van der Waals surface area contributed by atoms with E-state index in [9.17, 15) is 17.6 Å². The number of alkyl halides is 1. The molecule has 2 atom stereocenters. The molecule has 2 rings (SSSR count). The molecule has 0 spiro atoms. The number of carbonyl (C=O) groups excluding carboxylic acids is 1. The highest BCUT2D eigenvalue weighted by Crippen LogP contribution is 2.26. The van der Waals surface area contributed by atoms with E-state index in [4.69, 9.17) is 8.92 Å². The lowest BCUT2D eigenvalue weighted by atomic mass is 10.1. The van der Waals surface area contributed by atoms with Gasteiger partial charge < -0.3 is 9.64 Å². The summed E-state index contributed by atoms with van der Waals surface area (Å²) in [6, 6.07) is 6.09. The summed E-state index contributed by atoms with van der Waals surface area (Å²) in [5, 5.41) is 0. The molecule has 2 unspecified atom stereocenters. The van der Waals surface area contributed by atoms with Gasteiger partial charge in [0, 0.05) is 12.5 Å². The number of hydrogen-bond acceptors (Lipinski definition) is 5. The average Bonchev–Trinajstić information content (AvgIpc) is 2.91. The Morgan fingerprint density at radius 3 is 2.48 bits per heavy atom. The second-order valence-corrected chi connectivity index (χ2v) is 9.47. The number of amides is 1. The number of hydrogen-bond donors (Lipinski definition) is 0. The van der Waals surface area contributed by atoms with E-state index in [2.05, 4.69) is 0 Å². The number of ether oxygens (including phenoxy) is 1. The molecule has 1 fully saturated rings. The van der Waals surface area contributed by atoms with E-state index >= 15 is 0 Å². The maximum atomic E-state index is 13.8. The van der Waals surface area contributed by atoms with E-state index in [1.54, 1.807) is 32.9 Å². The summed E-state index contributed by atoms with van der Waals surface area (Å²) in [5.41, 5.74) is 0.305. The number of carbonyl (C=O) groups is 1. The molecule has 1 aliphatic heterocycles. The van der Waals surface area contributed by atoms with Crippen LogP contribution in [-0.4, -0.2) is 50.4 Å². The van der Waals surface area contributed by atoms with Crippen molar-refractivity contribution in [3.05, 3.63) is 29.8 Å². The molecule has 6 nitrogen and oxygen atoms in total. The van der Waals surface area contributed by atoms with Crippen LogP contribution in [0.4, 0.5) is 9.18 Å². The molecule has 1 aromatic carbocycles. The summed E-state index contributed by atoms with van der Waals surface area (Å²) < 4.78 is 48.5. The quantitative estimate of drug-likeness (QED) is 0.535. The first-order valence-electron chi connectivity index (χ1n) is 9.08. The van der Waals surface area contributed by atoms with E-state index in [0.717, 1.165) is 5.56 Å². The number of aryl methyl sites for hydroxylation is 1. The maximum Gasteiger partial charge on any atom is 0.410 e. The van der Waals surface area contributed by atoms with Crippen LogP contribution in [0.2, 0.25) is 0 Å². The van der Waals surface area contributed by atoms with Gasteiger partial charge in [0.15, 0.2) is 0 Å². The lowest BCUT2D eigenvalue weighted by molar-refractivity contribution is 0.0208. The van der Waals surface area contributed by atoms with Crippen molar-refractivity contribution in [3.8, 4) is 0 Å². The third-order valence-corrected chi connectivity index (χ3v) is 5.55. The van der Waals surface area contributed by atoms with Crippen molar-refractivity contribution in [2.24, 2.45) is 0 Å². The minimum Gasteiger partial charge on any atom is -0.444 e. The Hall–Kier alpha value is -1.67. The Kier molecular flexibility index (Phi) is 6.86. The van der Waals surface area contributed by atoms with Crippen LogP contribution in [0.1, 0.15) is 45.6 Å². The monoisotopic (exact) mass is 401 g/mol. The van der Waals surface area contributed by atoms with Crippen molar-refractivity contribution in [3.63, 3.8) is 0 Å². The van der Waals surface area contributed by atoms with Crippen LogP contribution in [-0.2, 0) is 19.0 Å². The molecule has 1 heterocycles. The number of benzene rings is 1. The van der Waals surface area contributed by atoms with Crippen LogP contribution in [0.15, 0.2) is 29.2 Å². The van der Waals surface area contributed by atoms with Crippen molar-refractivity contribution in [2.75, 3.05) is 13.2 Å². The second kappa shape index (κ2) is 8.56. The van der Waals surface area contributed by atoms with Gasteiger partial charge in [-0.2, -0.15) is 8.42 Å². The predicted octanol–water partition coefficient (Wildman–Crippen LogP) is 3.83. The molecule has 1 saturated heterocycles. The van der Waals surface area contributed by atoms with Crippen LogP contribution in [0.3, 0.4) is 0 Å². The highest BCUT2D eigenvalue weighted by atomic mass is 32.2. The Labute approximate surface area is 160 Å². The summed E-state index contributed by atoms with van der Waals surface area (Å²) in [5.74, 6) is 0. The molecule has 1 aliphatic rings. The SMILES string of the molecule is Cc1ccc(S(=O)(=O)OCCCC2CC(F)CN2C(=O)OC(C)(C)C)cc1. The number of nitrogens with zero attached hydrogens (tertiary/aromatic N) is 1. The average molecular weight is 402 g/mol. The van der Waals surface area contributed by atoms with Crippen molar-refractivity contribution in [1.29, 1.82) is 0 Å². The molecule has 0 bridgehead atoms. The number of halogens is 1. The van der Waals surface area contributed by atoms with E-state index in [1.165, 1.54) is 17.0 Å². The summed E-state index contributed by atoms with van der Waals surface area (Å²) in [6.45, 7) is 7.12. The van der Waals surface area contributed by atoms with Crippen LogP contribution >= 0.6 is 0 Å². The second-order valence-electron chi connectivity index (χ2n) is 7.85. The van der Waals surface area contributed by atoms with Gasteiger partial charge in [0.1, 0.15) is 11.8 Å². The predicted molar refractivity (Wildman–Crippen MR) is 99.8 cm³/mol. The van der Waals surface area contributed by atoms with Gasteiger partial charge in [0.25, 0.3) is 10.1 Å². The first-order chi connectivity index (χ1) is 12.5. The third-order valence-electron chi connectivity index (χ3n) is 4.22. The van der Waals surface area contributed by atoms with Crippen molar-refractivity contribution in [2.45, 2.75) is 69.7 Å². The normalized spacial score (nSPS) is 20.7. The molecule has 0 radical (unpaired) electrons. The van der Waals surface area contributed by atoms with Crippen LogP contribution < -0.4 is 0 Å². The van der Waals surface area contributed by atoms with Crippen LogP contribution in [0.5, 0.6) is 0 Å². The zero-order chi connectivity index (χ0) is 20.2. The first-order valence-corrected chi connectivity index (χ1v) is 10.5. The summed E-state index contributed by atoms with van der Waals surface area (Å²) in [4.78, 5) is 13.7. The third kappa shape index (κ3) is 6.46. The van der Waals surface area contributed by atoms with E-state index in [-0.39, 0.29) is 30.5 Å². The molecule has 1 amide bonds. The van der Waals surface area contributed by atoms with Gasteiger partial charge in [-0.3, -0.25) is 4.18 Å². The van der Waals surface area contributed by atoms with Gasteiger partial charge in [-0.15, -0.1) is 0 Å². The smallest absolute Gasteiger partial charge is 0.410 e. The van der Waals surface area contributed by atoms with E-state index in [0.29, 0.717) is 12.8 Å². The minimum atomic E-state index is -3.82. The molecular formula is C19H28FNO5S. The van der Waals surface area contributed by atoms with E-state index in [1.807, 2.05) is 6.92 Å². The Morgan fingerprint density at radius 2 is 1.89 bits per heavy atom. The molecule has 0 saturated carbocycles. The Morgan fingerprint density at radius 1 is 1.26 bits per heavy atom. The fraction of sp³-hybridized carbons (Fsp3) is 0.632. The molecule has 0 aromatic heterocycles. The molecule has 27 heavy (non-hydrogen) atoms. The van der Waals surface area contributed by atoms with Crippen LogP contribution in [0, 0.1) is 6.92 Å². The molecular weight excluding hydrogens is 373 g/mol. The van der Waals surface area contributed by atoms with Gasteiger partial charge in [-0.1, -0.05) is 17.7 Å². The van der Waals surface area contributed by atoms with E-state index < -0.39 is 28.0 Å². The minimum absolute atomic E-state index is 0.00209. The zero-order valence-electron chi connectivity index (χ0n) is 16.3. The van der Waals surface area contributed by atoms with Gasteiger partial charge in [-0.05, 0) is 52.7 Å². The van der Waals surface area contributed by atoms with Gasteiger partial charge in [0.05, 0.1) is 18.0 Å². The van der Waals surface area contributed by atoms with Crippen molar-refractivity contribution >= 4 is 16.2 Å². The maximum absolute atomic E-state index is 13.8. The number of rotatable bonds is 6. The lowest BCUT2D eigenvalue weighted by Crippen LogP contribution is -2.40. The summed E-state index contributed by atoms with van der Waals surface area (Å²) in [7, 11) is -3.82. The standard InChI is InChI=1S/C19H28FNO5S/c1-14-7-9-17(10-8-14)27(23,24)25-11-5-6-16-12-15(20)13-21(16)18(22)26-19(2,3)4/h7-10,15-16H,5-6,11-13H2,1-4H3. The Bertz CT molecular complexity index is 742. The van der Waals surface area contributed by atoms with Gasteiger partial charge in [0.2, 0.25) is 0 Å². The lowest BCUT2D eigenvalue weighted by Gasteiger charge is -2.28. The fourth-order valence-electron chi connectivity index (χ4n) is 2.94. The topological polar surface area (TPSA) is 72.9 Å². The highest BCUT2D eigenvalue weighted by Gasteiger charge is 2.37. The molecule has 0 N–H and O–H groups in total. The fourth-order valence-corrected chi connectivity index (χ4v) is 3.88. The van der Waals surface area contributed by atoms with Crippen molar-refractivity contribution < 1.29 is 26.5 Å². The summed E-state index contributed by atoms with van der Waals surface area (Å²) in [6.07, 6.45) is -0.574. The van der Waals surface area contributed by atoms with Gasteiger partial charge >= 0.3 is 6.09 Å². The van der Waals surface area contributed by atoms with Crippen molar-refractivity contribution in [1.82, 2.24) is 4.90 Å². The zero-order valence-corrected chi connectivity index (χ0v) is 17.1. The highest BCUT2D eigenvalue weighted by molar-refractivity contribution is 7.86. The first kappa shape index (κ1) is 21.6. The number of likely N-dealkylation sites (tertiary alicyclic amines) is 1. The Balaban J connectivity index is 1.86. The molecule has 152 valence electrons. The molecule has 0 aliphatic carbocycles. The molecule has 1 aromatic rings. The largest absolute Gasteiger partial charge is 0.444 e. The van der Waals surface area contributed by atoms with Crippen LogP contribution in [0.25, 0.3) is 0 Å².